The fraction of sp³-hybridized carbons (Fsp3) is 0.235. The van der Waals surface area contributed by atoms with E-state index in [1.54, 1.807) is 42.3 Å². The summed E-state index contributed by atoms with van der Waals surface area (Å²) < 4.78 is 28.8. The molecule has 0 fully saturated rings. The molecule has 1 amide bonds. The molecule has 3 heterocycles. The third-order valence-corrected chi connectivity index (χ3v) is 5.07. The van der Waals surface area contributed by atoms with Crippen LogP contribution in [0.3, 0.4) is 0 Å². The maximum Gasteiger partial charge on any atom is 0.273 e. The third kappa shape index (κ3) is 3.13. The van der Waals surface area contributed by atoms with Gasteiger partial charge in [-0.15, -0.1) is 0 Å². The molecule has 3 aromatic heterocycles. The number of carbonyl (C=O) groups excluding carboxylic acids is 1. The number of sulfonamides is 1. The Morgan fingerprint density at radius 1 is 1.15 bits per heavy atom. The summed E-state index contributed by atoms with van der Waals surface area (Å²) in [4.78, 5) is 17.2. The third-order valence-electron chi connectivity index (χ3n) is 4.05. The van der Waals surface area contributed by atoms with E-state index >= 15 is 0 Å². The van der Waals surface area contributed by atoms with Crippen LogP contribution >= 0.6 is 0 Å². The van der Waals surface area contributed by atoms with Gasteiger partial charge in [0.15, 0.2) is 0 Å². The lowest BCUT2D eigenvalue weighted by Gasteiger charge is -2.20. The first-order valence-electron chi connectivity index (χ1n) is 7.84. The van der Waals surface area contributed by atoms with Crippen molar-refractivity contribution in [2.75, 3.05) is 10.6 Å². The van der Waals surface area contributed by atoms with Crippen LogP contribution in [0.15, 0.2) is 42.9 Å². The van der Waals surface area contributed by atoms with E-state index in [1.165, 1.54) is 6.20 Å². The number of carbonyl (C=O) groups is 1. The molecule has 9 heteroatoms. The van der Waals surface area contributed by atoms with Gasteiger partial charge in [0.2, 0.25) is 10.0 Å². The quantitative estimate of drug-likeness (QED) is 0.696. The second-order valence-electron chi connectivity index (χ2n) is 5.97. The van der Waals surface area contributed by atoms with Crippen molar-refractivity contribution in [1.82, 2.24) is 19.3 Å². The van der Waals surface area contributed by atoms with E-state index in [-0.39, 0.29) is 11.3 Å². The number of rotatable bonds is 4. The number of aromatic nitrogens is 4. The maximum atomic E-state index is 13.0. The summed E-state index contributed by atoms with van der Waals surface area (Å²) in [5, 5.41) is 4.21. The van der Waals surface area contributed by atoms with Gasteiger partial charge in [0.25, 0.3) is 5.91 Å². The number of nitrogens with zero attached hydrogens (tertiary/aromatic N) is 5. The predicted molar refractivity (Wildman–Crippen MR) is 97.9 cm³/mol. The average Bonchev–Trinajstić information content (AvgIpc) is 3.18. The summed E-state index contributed by atoms with van der Waals surface area (Å²) in [6.45, 7) is 3.38. The molecular formula is C17H19N5O3S. The first kappa shape index (κ1) is 17.9. The van der Waals surface area contributed by atoms with Crippen molar-refractivity contribution in [2.24, 2.45) is 7.05 Å². The summed E-state index contributed by atoms with van der Waals surface area (Å²) in [6, 6.07) is 6.95. The molecular weight excluding hydrogens is 354 g/mol. The second-order valence-corrected chi connectivity index (χ2v) is 7.80. The molecule has 3 aromatic rings. The highest BCUT2D eigenvalue weighted by molar-refractivity contribution is 7.92. The van der Waals surface area contributed by atoms with Crippen LogP contribution in [0.1, 0.15) is 21.7 Å². The number of pyridine rings is 1. The maximum absolute atomic E-state index is 13.0. The van der Waals surface area contributed by atoms with Gasteiger partial charge in [-0.25, -0.2) is 13.4 Å². The first-order valence-corrected chi connectivity index (χ1v) is 9.69. The lowest BCUT2D eigenvalue weighted by atomic mass is 10.2. The number of hydrogen-bond acceptors (Lipinski definition) is 5. The van der Waals surface area contributed by atoms with Gasteiger partial charge in [-0.2, -0.15) is 9.40 Å². The fourth-order valence-electron chi connectivity index (χ4n) is 2.74. The fourth-order valence-corrected chi connectivity index (χ4v) is 3.75. The summed E-state index contributed by atoms with van der Waals surface area (Å²) in [5.41, 5.74) is 1.49. The lowest BCUT2D eigenvalue weighted by molar-refractivity contribution is 0.100. The zero-order chi connectivity index (χ0) is 19.1. The van der Waals surface area contributed by atoms with Gasteiger partial charge >= 0.3 is 0 Å². The smallest absolute Gasteiger partial charge is 0.273 e. The van der Waals surface area contributed by atoms with Gasteiger partial charge in [0.05, 0.1) is 23.2 Å². The number of hydrogen-bond donors (Lipinski definition) is 0. The zero-order valence-corrected chi connectivity index (χ0v) is 15.7. The Kier molecular flexibility index (Phi) is 4.41. The Morgan fingerprint density at radius 3 is 2.27 bits per heavy atom. The number of anilines is 1. The molecule has 26 heavy (non-hydrogen) atoms. The molecule has 0 saturated carbocycles. The van der Waals surface area contributed by atoms with Crippen LogP contribution in [0.5, 0.6) is 0 Å². The minimum atomic E-state index is -3.85. The topological polar surface area (TPSA) is 90.1 Å². The van der Waals surface area contributed by atoms with E-state index < -0.39 is 15.9 Å². The largest absolute Gasteiger partial charge is 0.309 e. The Balaban J connectivity index is 2.04. The first-order chi connectivity index (χ1) is 12.2. The molecule has 0 aliphatic heterocycles. The zero-order valence-electron chi connectivity index (χ0n) is 14.9. The molecule has 0 unspecified atom stereocenters. The number of aryl methyl sites for hydroxylation is 2. The molecule has 8 nitrogen and oxygen atoms in total. The molecule has 0 N–H and O–H groups in total. The minimum Gasteiger partial charge on any atom is -0.309 e. The summed E-state index contributed by atoms with van der Waals surface area (Å²) in [7, 11) is -2.15. The van der Waals surface area contributed by atoms with Gasteiger partial charge in [-0.1, -0.05) is 0 Å². The monoisotopic (exact) mass is 373 g/mol. The Bertz CT molecular complexity index is 1050. The van der Waals surface area contributed by atoms with E-state index in [1.807, 2.05) is 24.5 Å². The van der Waals surface area contributed by atoms with Crippen molar-refractivity contribution in [3.63, 3.8) is 0 Å². The normalized spacial score (nSPS) is 11.5. The molecule has 136 valence electrons. The van der Waals surface area contributed by atoms with Crippen LogP contribution in [-0.2, 0) is 17.1 Å². The molecule has 3 rings (SSSR count). The van der Waals surface area contributed by atoms with Crippen molar-refractivity contribution in [3.8, 4) is 5.82 Å². The van der Waals surface area contributed by atoms with Gasteiger partial charge in [-0.3, -0.25) is 9.48 Å². The molecule has 0 aliphatic carbocycles. The van der Waals surface area contributed by atoms with Crippen LogP contribution in [0.2, 0.25) is 0 Å². The molecule has 0 spiro atoms. The molecule has 0 aromatic carbocycles. The Hall–Kier alpha value is -2.94. The summed E-state index contributed by atoms with van der Waals surface area (Å²) >= 11 is 0. The Labute approximate surface area is 151 Å². The second kappa shape index (κ2) is 6.41. The van der Waals surface area contributed by atoms with Gasteiger partial charge < -0.3 is 4.57 Å². The van der Waals surface area contributed by atoms with Crippen LogP contribution in [-0.4, -0.2) is 39.9 Å². The van der Waals surface area contributed by atoms with Crippen LogP contribution < -0.4 is 4.31 Å². The van der Waals surface area contributed by atoms with Crippen molar-refractivity contribution in [1.29, 1.82) is 0 Å². The predicted octanol–water partition coefficient (Wildman–Crippen LogP) is 1.83. The van der Waals surface area contributed by atoms with Crippen LogP contribution in [0.25, 0.3) is 5.82 Å². The molecule has 0 aliphatic rings. The van der Waals surface area contributed by atoms with Crippen molar-refractivity contribution in [2.45, 2.75) is 13.8 Å². The molecule has 0 bridgehead atoms. The molecule has 0 atom stereocenters. The minimum absolute atomic E-state index is 0.175. The lowest BCUT2D eigenvalue weighted by Crippen LogP contribution is -2.37. The summed E-state index contributed by atoms with van der Waals surface area (Å²) in [5.74, 6) is -0.0375. The van der Waals surface area contributed by atoms with Crippen molar-refractivity contribution < 1.29 is 13.2 Å². The highest BCUT2D eigenvalue weighted by atomic mass is 32.2. The van der Waals surface area contributed by atoms with E-state index in [9.17, 15) is 13.2 Å². The molecule has 0 radical (unpaired) electrons. The van der Waals surface area contributed by atoms with E-state index in [4.69, 9.17) is 0 Å². The van der Waals surface area contributed by atoms with E-state index in [0.29, 0.717) is 17.2 Å². The van der Waals surface area contributed by atoms with Crippen LogP contribution in [0, 0.1) is 13.8 Å². The standard InChI is InChI=1S/C17H19N5O3S/c1-12-16(13(2)20(3)19-12)22(26(4,24)25)17(23)14-7-8-15(18-11-14)21-9-5-6-10-21/h5-11H,1-4H3. The van der Waals surface area contributed by atoms with Gasteiger partial charge in [0, 0.05) is 25.6 Å². The molecule has 0 saturated heterocycles. The van der Waals surface area contributed by atoms with Gasteiger partial charge in [-0.05, 0) is 38.1 Å². The van der Waals surface area contributed by atoms with E-state index in [0.717, 1.165) is 10.6 Å². The highest BCUT2D eigenvalue weighted by Gasteiger charge is 2.31. The number of amides is 1. The summed E-state index contributed by atoms with van der Waals surface area (Å²) in [6.07, 6.45) is 6.03. The highest BCUT2D eigenvalue weighted by Crippen LogP contribution is 2.27. The van der Waals surface area contributed by atoms with Crippen LogP contribution in [0.4, 0.5) is 5.69 Å². The van der Waals surface area contributed by atoms with Crippen molar-refractivity contribution in [3.05, 3.63) is 59.8 Å². The average molecular weight is 373 g/mol. The van der Waals surface area contributed by atoms with Gasteiger partial charge in [0.1, 0.15) is 11.5 Å². The van der Waals surface area contributed by atoms with E-state index in [2.05, 4.69) is 10.1 Å². The SMILES string of the molecule is Cc1nn(C)c(C)c1N(C(=O)c1ccc(-n2cccc2)nc1)S(C)(=O)=O. The van der Waals surface area contributed by atoms with Crippen molar-refractivity contribution >= 4 is 21.6 Å². The Morgan fingerprint density at radius 2 is 1.81 bits per heavy atom.